The number of aromatic nitrogens is 4. The number of nitrogens with zero attached hydrogens (tertiary/aromatic N) is 4. The third-order valence-corrected chi connectivity index (χ3v) is 4.66. The van der Waals surface area contributed by atoms with E-state index in [0.29, 0.717) is 40.0 Å². The summed E-state index contributed by atoms with van der Waals surface area (Å²) in [5, 5.41) is 8.09. The fourth-order valence-corrected chi connectivity index (χ4v) is 3.14. The van der Waals surface area contributed by atoms with Gasteiger partial charge in [-0.2, -0.15) is 4.98 Å². The average Bonchev–Trinajstić information content (AvgIpc) is 3.43. The predicted molar refractivity (Wildman–Crippen MR) is 103 cm³/mol. The number of nitrogens with two attached hydrogens (primary N) is 1. The zero-order valence-electron chi connectivity index (χ0n) is 14.7. The molecule has 140 valence electrons. The Balaban J connectivity index is 1.77. The predicted octanol–water partition coefficient (Wildman–Crippen LogP) is 3.92. The summed E-state index contributed by atoms with van der Waals surface area (Å²) in [6.45, 7) is 0. The van der Waals surface area contributed by atoms with E-state index in [4.69, 9.17) is 5.73 Å². The number of benzene rings is 2. The SMILES string of the molecule is Nc1c2c(-c3ccccc3F)nc(NC3CC3)nc2nn1-c1cccc(F)c1. The Morgan fingerprint density at radius 3 is 2.61 bits per heavy atom. The quantitative estimate of drug-likeness (QED) is 0.563. The summed E-state index contributed by atoms with van der Waals surface area (Å²) in [5.74, 6) is -0.236. The van der Waals surface area contributed by atoms with Gasteiger partial charge in [-0.3, -0.25) is 0 Å². The molecule has 0 bridgehead atoms. The first-order chi connectivity index (χ1) is 13.6. The molecule has 5 rings (SSSR count). The summed E-state index contributed by atoms with van der Waals surface area (Å²) >= 11 is 0. The van der Waals surface area contributed by atoms with Gasteiger partial charge in [0.05, 0.1) is 16.8 Å². The third-order valence-electron chi connectivity index (χ3n) is 4.66. The number of fused-ring (bicyclic) bond motifs is 1. The van der Waals surface area contributed by atoms with Crippen molar-refractivity contribution in [2.45, 2.75) is 18.9 Å². The van der Waals surface area contributed by atoms with Crippen molar-refractivity contribution in [2.24, 2.45) is 0 Å². The van der Waals surface area contributed by atoms with Crippen LogP contribution in [-0.4, -0.2) is 25.8 Å². The van der Waals surface area contributed by atoms with Crippen molar-refractivity contribution in [3.05, 3.63) is 60.2 Å². The van der Waals surface area contributed by atoms with Crippen molar-refractivity contribution < 1.29 is 8.78 Å². The molecule has 3 N–H and O–H groups in total. The summed E-state index contributed by atoms with van der Waals surface area (Å²) in [6, 6.07) is 12.6. The highest BCUT2D eigenvalue weighted by Crippen LogP contribution is 2.34. The largest absolute Gasteiger partial charge is 0.383 e. The second kappa shape index (κ2) is 6.26. The van der Waals surface area contributed by atoms with Crippen LogP contribution >= 0.6 is 0 Å². The molecule has 0 amide bonds. The summed E-state index contributed by atoms with van der Waals surface area (Å²) < 4.78 is 29.6. The summed E-state index contributed by atoms with van der Waals surface area (Å²) in [7, 11) is 0. The van der Waals surface area contributed by atoms with Crippen molar-refractivity contribution in [3.8, 4) is 16.9 Å². The molecule has 0 radical (unpaired) electrons. The summed E-state index contributed by atoms with van der Waals surface area (Å²) in [4.78, 5) is 8.98. The van der Waals surface area contributed by atoms with Gasteiger partial charge in [0.2, 0.25) is 5.95 Å². The monoisotopic (exact) mass is 378 g/mol. The van der Waals surface area contributed by atoms with Crippen LogP contribution in [0.15, 0.2) is 48.5 Å². The second-order valence-electron chi connectivity index (χ2n) is 6.77. The molecule has 0 aliphatic heterocycles. The molecule has 0 saturated heterocycles. The Morgan fingerprint density at radius 2 is 1.86 bits per heavy atom. The number of anilines is 2. The highest BCUT2D eigenvalue weighted by Gasteiger charge is 2.25. The smallest absolute Gasteiger partial charge is 0.225 e. The number of hydrogen-bond acceptors (Lipinski definition) is 5. The van der Waals surface area contributed by atoms with E-state index in [9.17, 15) is 8.78 Å². The van der Waals surface area contributed by atoms with Gasteiger partial charge < -0.3 is 11.1 Å². The molecule has 8 heteroatoms. The van der Waals surface area contributed by atoms with Crippen LogP contribution in [-0.2, 0) is 0 Å². The van der Waals surface area contributed by atoms with Crippen LogP contribution in [0, 0.1) is 11.6 Å². The average molecular weight is 378 g/mol. The fourth-order valence-electron chi connectivity index (χ4n) is 3.14. The van der Waals surface area contributed by atoms with Crippen LogP contribution in [0.1, 0.15) is 12.8 Å². The van der Waals surface area contributed by atoms with Crippen LogP contribution in [0.5, 0.6) is 0 Å². The molecule has 0 spiro atoms. The maximum atomic E-state index is 14.5. The maximum Gasteiger partial charge on any atom is 0.225 e. The molecule has 1 aliphatic carbocycles. The molecule has 1 fully saturated rings. The lowest BCUT2D eigenvalue weighted by Crippen LogP contribution is -2.06. The number of hydrogen-bond donors (Lipinski definition) is 2. The lowest BCUT2D eigenvalue weighted by molar-refractivity contribution is 0.625. The molecule has 2 heterocycles. The van der Waals surface area contributed by atoms with Gasteiger partial charge in [-0.25, -0.2) is 18.4 Å². The Labute approximate surface area is 159 Å². The Morgan fingerprint density at radius 1 is 1.04 bits per heavy atom. The van der Waals surface area contributed by atoms with E-state index >= 15 is 0 Å². The number of nitrogens with one attached hydrogen (secondary N) is 1. The summed E-state index contributed by atoms with van der Waals surface area (Å²) in [5.41, 5.74) is 7.75. The molecular weight excluding hydrogens is 362 g/mol. The van der Waals surface area contributed by atoms with E-state index in [0.717, 1.165) is 12.8 Å². The van der Waals surface area contributed by atoms with Gasteiger partial charge in [-0.05, 0) is 43.2 Å². The van der Waals surface area contributed by atoms with E-state index in [-0.39, 0.29) is 5.82 Å². The zero-order valence-corrected chi connectivity index (χ0v) is 14.7. The number of rotatable bonds is 4. The van der Waals surface area contributed by atoms with E-state index in [1.807, 2.05) is 0 Å². The van der Waals surface area contributed by atoms with Gasteiger partial charge in [0.1, 0.15) is 17.5 Å². The van der Waals surface area contributed by atoms with Gasteiger partial charge in [-0.1, -0.05) is 18.2 Å². The third kappa shape index (κ3) is 2.83. The molecule has 6 nitrogen and oxygen atoms in total. The topological polar surface area (TPSA) is 81.7 Å². The molecule has 1 saturated carbocycles. The zero-order chi connectivity index (χ0) is 19.3. The van der Waals surface area contributed by atoms with Gasteiger partial charge in [0.25, 0.3) is 0 Å². The van der Waals surface area contributed by atoms with Crippen molar-refractivity contribution in [1.29, 1.82) is 0 Å². The normalized spacial score (nSPS) is 13.8. The number of halogens is 2. The minimum atomic E-state index is -0.419. The summed E-state index contributed by atoms with van der Waals surface area (Å²) in [6.07, 6.45) is 2.08. The number of nitrogen functional groups attached to an aromatic ring is 1. The van der Waals surface area contributed by atoms with E-state index in [2.05, 4.69) is 20.4 Å². The fraction of sp³-hybridized carbons (Fsp3) is 0.150. The first-order valence-corrected chi connectivity index (χ1v) is 8.94. The van der Waals surface area contributed by atoms with Crippen molar-refractivity contribution >= 4 is 22.8 Å². The van der Waals surface area contributed by atoms with Crippen LogP contribution in [0.2, 0.25) is 0 Å². The first kappa shape index (κ1) is 16.6. The Hall–Kier alpha value is -3.55. The Kier molecular flexibility index (Phi) is 3.71. The molecular formula is C20H16F2N6. The van der Waals surface area contributed by atoms with E-state index in [1.54, 1.807) is 30.3 Å². The molecule has 2 aromatic carbocycles. The standard InChI is InChI=1S/C20H16F2N6/c21-11-4-3-5-13(10-11)28-18(23)16-17(14-6-1-2-7-15(14)22)25-20(24-12-8-9-12)26-19(16)27-28/h1-7,10,12H,8-9,23H2,(H,24,26,27). The van der Waals surface area contributed by atoms with E-state index < -0.39 is 11.6 Å². The lowest BCUT2D eigenvalue weighted by Gasteiger charge is -2.08. The van der Waals surface area contributed by atoms with Gasteiger partial charge in [0.15, 0.2) is 5.65 Å². The molecule has 4 aromatic rings. The lowest BCUT2D eigenvalue weighted by atomic mass is 10.1. The molecule has 0 atom stereocenters. The molecule has 1 aliphatic rings. The van der Waals surface area contributed by atoms with E-state index in [1.165, 1.54) is 22.9 Å². The van der Waals surface area contributed by atoms with Crippen LogP contribution < -0.4 is 11.1 Å². The van der Waals surface area contributed by atoms with Crippen LogP contribution in [0.4, 0.5) is 20.5 Å². The molecule has 28 heavy (non-hydrogen) atoms. The highest BCUT2D eigenvalue weighted by atomic mass is 19.1. The van der Waals surface area contributed by atoms with Crippen LogP contribution in [0.3, 0.4) is 0 Å². The van der Waals surface area contributed by atoms with Gasteiger partial charge >= 0.3 is 0 Å². The van der Waals surface area contributed by atoms with Crippen molar-refractivity contribution in [1.82, 2.24) is 19.7 Å². The van der Waals surface area contributed by atoms with Gasteiger partial charge in [-0.15, -0.1) is 5.10 Å². The Bertz CT molecular complexity index is 1200. The minimum Gasteiger partial charge on any atom is -0.383 e. The van der Waals surface area contributed by atoms with Gasteiger partial charge in [0, 0.05) is 11.6 Å². The van der Waals surface area contributed by atoms with Crippen LogP contribution in [0.25, 0.3) is 28.0 Å². The minimum absolute atomic E-state index is 0.219. The molecule has 0 unspecified atom stereocenters. The highest BCUT2D eigenvalue weighted by molar-refractivity contribution is 5.99. The van der Waals surface area contributed by atoms with Crippen molar-refractivity contribution in [2.75, 3.05) is 11.1 Å². The molecule has 2 aromatic heterocycles. The first-order valence-electron chi connectivity index (χ1n) is 8.94. The maximum absolute atomic E-state index is 14.5. The second-order valence-corrected chi connectivity index (χ2v) is 6.77. The van der Waals surface area contributed by atoms with Crippen molar-refractivity contribution in [3.63, 3.8) is 0 Å².